The van der Waals surface area contributed by atoms with Gasteiger partial charge in [-0.1, -0.05) is 40.2 Å². The van der Waals surface area contributed by atoms with Crippen molar-refractivity contribution in [2.45, 2.75) is 13.5 Å². The molecule has 1 amide bonds. The summed E-state index contributed by atoms with van der Waals surface area (Å²) in [4.78, 5) is 12.2. The maximum Gasteiger partial charge on any atom is 0.256 e. The summed E-state index contributed by atoms with van der Waals surface area (Å²) in [6.07, 6.45) is 1.86. The van der Waals surface area contributed by atoms with Crippen LogP contribution in [0.15, 0.2) is 65.3 Å². The highest BCUT2D eigenvalue weighted by Gasteiger charge is 2.08. The maximum atomic E-state index is 12.2. The number of nitrogens with one attached hydrogen (secondary N) is 1. The minimum atomic E-state index is -0.168. The van der Waals surface area contributed by atoms with E-state index in [0.29, 0.717) is 17.9 Å². The van der Waals surface area contributed by atoms with E-state index in [1.807, 2.05) is 35.1 Å². The fourth-order valence-corrected chi connectivity index (χ4v) is 2.53. The highest BCUT2D eigenvalue weighted by atomic mass is 79.9. The van der Waals surface area contributed by atoms with E-state index in [9.17, 15) is 4.79 Å². The van der Waals surface area contributed by atoms with Gasteiger partial charge in [0.15, 0.2) is 5.82 Å². The van der Waals surface area contributed by atoms with Gasteiger partial charge in [-0.25, -0.2) is 0 Å². The van der Waals surface area contributed by atoms with Crippen LogP contribution in [0.4, 0.5) is 5.82 Å². The van der Waals surface area contributed by atoms with Gasteiger partial charge < -0.3 is 5.32 Å². The monoisotopic (exact) mass is 369 g/mol. The number of hydrogen-bond donors (Lipinski definition) is 1. The fourth-order valence-electron chi connectivity index (χ4n) is 2.27. The Hall–Kier alpha value is -2.40. The van der Waals surface area contributed by atoms with Crippen LogP contribution in [0.3, 0.4) is 0 Å². The lowest BCUT2D eigenvalue weighted by atomic mass is 10.1. The van der Waals surface area contributed by atoms with Crippen molar-refractivity contribution in [1.29, 1.82) is 0 Å². The van der Waals surface area contributed by atoms with Gasteiger partial charge in [0.1, 0.15) is 0 Å². The van der Waals surface area contributed by atoms with E-state index in [2.05, 4.69) is 45.4 Å². The van der Waals surface area contributed by atoms with E-state index in [-0.39, 0.29) is 5.91 Å². The number of carbonyl (C=O) groups excluding carboxylic acids is 1. The van der Waals surface area contributed by atoms with E-state index in [1.54, 1.807) is 18.2 Å². The van der Waals surface area contributed by atoms with E-state index in [0.717, 1.165) is 4.47 Å². The molecule has 1 heterocycles. The van der Waals surface area contributed by atoms with Crippen LogP contribution in [-0.4, -0.2) is 15.7 Å². The summed E-state index contributed by atoms with van der Waals surface area (Å²) in [6, 6.07) is 17.2. The van der Waals surface area contributed by atoms with E-state index >= 15 is 0 Å². The highest BCUT2D eigenvalue weighted by molar-refractivity contribution is 9.10. The van der Waals surface area contributed by atoms with Crippen LogP contribution in [0.25, 0.3) is 0 Å². The summed E-state index contributed by atoms with van der Waals surface area (Å²) >= 11 is 3.35. The van der Waals surface area contributed by atoms with Crippen molar-refractivity contribution in [2.75, 3.05) is 5.32 Å². The largest absolute Gasteiger partial charge is 0.305 e. The number of nitrogens with zero attached hydrogens (tertiary/aromatic N) is 2. The SMILES string of the molecule is Cc1ccccc1Cn1ccc(NC(=O)c2ccc(Br)cc2)n1. The average molecular weight is 370 g/mol. The van der Waals surface area contributed by atoms with Gasteiger partial charge in [-0.15, -0.1) is 0 Å². The molecule has 0 saturated heterocycles. The molecule has 0 saturated carbocycles. The smallest absolute Gasteiger partial charge is 0.256 e. The number of hydrogen-bond acceptors (Lipinski definition) is 2. The zero-order valence-electron chi connectivity index (χ0n) is 12.7. The summed E-state index contributed by atoms with van der Waals surface area (Å²) in [5.41, 5.74) is 3.03. The Labute approximate surface area is 143 Å². The topological polar surface area (TPSA) is 46.9 Å². The molecule has 0 fully saturated rings. The number of halogens is 1. The minimum absolute atomic E-state index is 0.168. The maximum absolute atomic E-state index is 12.2. The molecule has 2 aromatic carbocycles. The standard InChI is InChI=1S/C18H16BrN3O/c1-13-4-2-3-5-15(13)12-22-11-10-17(21-22)20-18(23)14-6-8-16(19)9-7-14/h2-11H,12H2,1H3,(H,20,21,23). The van der Waals surface area contributed by atoms with Crippen molar-refractivity contribution in [3.63, 3.8) is 0 Å². The number of amides is 1. The first-order valence-electron chi connectivity index (χ1n) is 7.27. The van der Waals surface area contributed by atoms with Crippen molar-refractivity contribution in [1.82, 2.24) is 9.78 Å². The fraction of sp³-hybridized carbons (Fsp3) is 0.111. The predicted molar refractivity (Wildman–Crippen MR) is 94.6 cm³/mol. The Bertz CT molecular complexity index is 824. The number of aromatic nitrogens is 2. The van der Waals surface area contributed by atoms with Crippen LogP contribution in [-0.2, 0) is 6.54 Å². The normalized spacial score (nSPS) is 10.5. The first-order valence-corrected chi connectivity index (χ1v) is 8.06. The minimum Gasteiger partial charge on any atom is -0.305 e. The van der Waals surface area contributed by atoms with Gasteiger partial charge in [-0.3, -0.25) is 9.48 Å². The van der Waals surface area contributed by atoms with Crippen LogP contribution < -0.4 is 5.32 Å². The molecule has 3 rings (SSSR count). The number of aryl methyl sites for hydroxylation is 1. The van der Waals surface area contributed by atoms with Gasteiger partial charge >= 0.3 is 0 Å². The molecule has 0 aliphatic heterocycles. The molecule has 0 aliphatic carbocycles. The zero-order valence-corrected chi connectivity index (χ0v) is 14.2. The summed E-state index contributed by atoms with van der Waals surface area (Å²) in [5, 5.41) is 7.22. The van der Waals surface area contributed by atoms with Crippen molar-refractivity contribution < 1.29 is 4.79 Å². The molecular formula is C18H16BrN3O. The van der Waals surface area contributed by atoms with Crippen LogP contribution in [0, 0.1) is 6.92 Å². The Morgan fingerprint density at radius 2 is 1.87 bits per heavy atom. The van der Waals surface area contributed by atoms with E-state index < -0.39 is 0 Å². The van der Waals surface area contributed by atoms with Gasteiger partial charge in [0.05, 0.1) is 6.54 Å². The summed E-state index contributed by atoms with van der Waals surface area (Å²) in [7, 11) is 0. The lowest BCUT2D eigenvalue weighted by molar-refractivity contribution is 0.102. The van der Waals surface area contributed by atoms with Gasteiger partial charge in [0, 0.05) is 22.3 Å². The number of benzene rings is 2. The van der Waals surface area contributed by atoms with Gasteiger partial charge in [0.2, 0.25) is 0 Å². The van der Waals surface area contributed by atoms with E-state index in [1.165, 1.54) is 11.1 Å². The molecule has 1 N–H and O–H groups in total. The van der Waals surface area contributed by atoms with Gasteiger partial charge in [-0.05, 0) is 42.3 Å². The molecule has 3 aromatic rings. The first-order chi connectivity index (χ1) is 11.1. The van der Waals surface area contributed by atoms with Crippen LogP contribution in [0.5, 0.6) is 0 Å². The molecule has 4 nitrogen and oxygen atoms in total. The Balaban J connectivity index is 1.68. The van der Waals surface area contributed by atoms with Crippen molar-refractivity contribution in [2.24, 2.45) is 0 Å². The highest BCUT2D eigenvalue weighted by Crippen LogP contribution is 2.13. The van der Waals surface area contributed by atoms with Crippen molar-refractivity contribution >= 4 is 27.7 Å². The second-order valence-electron chi connectivity index (χ2n) is 5.29. The molecule has 0 radical (unpaired) electrons. The Kier molecular flexibility index (Phi) is 4.57. The molecule has 23 heavy (non-hydrogen) atoms. The Morgan fingerprint density at radius 3 is 2.61 bits per heavy atom. The van der Waals surface area contributed by atoms with E-state index in [4.69, 9.17) is 0 Å². The molecule has 0 unspecified atom stereocenters. The Morgan fingerprint density at radius 1 is 1.13 bits per heavy atom. The second kappa shape index (κ2) is 6.79. The molecule has 1 aromatic heterocycles. The lowest BCUT2D eigenvalue weighted by Gasteiger charge is -2.05. The number of anilines is 1. The molecular weight excluding hydrogens is 354 g/mol. The first kappa shape index (κ1) is 15.5. The quantitative estimate of drug-likeness (QED) is 0.746. The second-order valence-corrected chi connectivity index (χ2v) is 6.20. The van der Waals surface area contributed by atoms with Gasteiger partial charge in [-0.2, -0.15) is 5.10 Å². The predicted octanol–water partition coefficient (Wildman–Crippen LogP) is 4.25. The average Bonchev–Trinajstić information content (AvgIpc) is 2.97. The van der Waals surface area contributed by atoms with Gasteiger partial charge in [0.25, 0.3) is 5.91 Å². The molecule has 0 spiro atoms. The third kappa shape index (κ3) is 3.87. The number of rotatable bonds is 4. The van der Waals surface area contributed by atoms with Crippen LogP contribution >= 0.6 is 15.9 Å². The number of carbonyl (C=O) groups is 1. The molecule has 116 valence electrons. The molecule has 0 bridgehead atoms. The third-order valence-corrected chi connectivity index (χ3v) is 4.11. The summed E-state index contributed by atoms with van der Waals surface area (Å²) < 4.78 is 2.76. The lowest BCUT2D eigenvalue weighted by Crippen LogP contribution is -2.12. The van der Waals surface area contributed by atoms with Crippen molar-refractivity contribution in [3.05, 3.63) is 82.0 Å². The summed E-state index contributed by atoms with van der Waals surface area (Å²) in [6.45, 7) is 2.76. The van der Waals surface area contributed by atoms with Crippen LogP contribution in [0.1, 0.15) is 21.5 Å². The third-order valence-electron chi connectivity index (χ3n) is 3.58. The molecule has 0 aliphatic rings. The molecule has 5 heteroatoms. The molecule has 0 atom stereocenters. The van der Waals surface area contributed by atoms with Crippen LogP contribution in [0.2, 0.25) is 0 Å². The summed E-state index contributed by atoms with van der Waals surface area (Å²) in [5.74, 6) is 0.380. The van der Waals surface area contributed by atoms with Crippen molar-refractivity contribution in [3.8, 4) is 0 Å². The zero-order chi connectivity index (χ0) is 16.2.